The molecule has 0 fully saturated rings. The summed E-state index contributed by atoms with van der Waals surface area (Å²) in [6.45, 7) is 5.27. The Morgan fingerprint density at radius 3 is 2.30 bits per heavy atom. The second kappa shape index (κ2) is 12.5. The first kappa shape index (κ1) is 27.9. The molecule has 7 nitrogen and oxygen atoms in total. The van der Waals surface area contributed by atoms with Crippen molar-refractivity contribution in [1.29, 1.82) is 0 Å². The number of nitrogens with zero attached hydrogens (tertiary/aromatic N) is 2. The molecular weight excluding hydrogens is 493 g/mol. The van der Waals surface area contributed by atoms with Gasteiger partial charge < -0.3 is 10.2 Å². The number of para-hydroxylation sites is 1. The highest BCUT2D eigenvalue weighted by Crippen LogP contribution is 2.26. The average Bonchev–Trinajstić information content (AvgIpc) is 2.89. The van der Waals surface area contributed by atoms with Crippen LogP contribution in [0.4, 0.5) is 10.1 Å². The van der Waals surface area contributed by atoms with Crippen LogP contribution in [0.5, 0.6) is 0 Å². The van der Waals surface area contributed by atoms with Crippen LogP contribution >= 0.6 is 0 Å². The van der Waals surface area contributed by atoms with Crippen molar-refractivity contribution < 1.29 is 22.4 Å². The molecule has 0 aliphatic carbocycles. The zero-order valence-electron chi connectivity index (χ0n) is 21.2. The minimum atomic E-state index is -4.30. The molecule has 0 aliphatic heterocycles. The number of sulfonamides is 1. The molecule has 0 bridgehead atoms. The first-order chi connectivity index (χ1) is 17.6. The predicted molar refractivity (Wildman–Crippen MR) is 142 cm³/mol. The monoisotopic (exact) mass is 525 g/mol. The number of benzene rings is 3. The van der Waals surface area contributed by atoms with Crippen LogP contribution in [0.2, 0.25) is 0 Å². The molecule has 196 valence electrons. The summed E-state index contributed by atoms with van der Waals surface area (Å²) in [4.78, 5) is 27.8. The van der Waals surface area contributed by atoms with Crippen molar-refractivity contribution in [2.45, 2.75) is 44.7 Å². The fourth-order valence-corrected chi connectivity index (χ4v) is 5.32. The molecular formula is C28H32FN3O4S. The zero-order valence-corrected chi connectivity index (χ0v) is 22.0. The maximum Gasteiger partial charge on any atom is 0.264 e. The summed E-state index contributed by atoms with van der Waals surface area (Å²) in [6.07, 6.45) is 0.723. The van der Waals surface area contributed by atoms with Crippen molar-refractivity contribution in [3.05, 3.63) is 95.8 Å². The van der Waals surface area contributed by atoms with E-state index in [0.29, 0.717) is 6.54 Å². The second-order valence-electron chi connectivity index (χ2n) is 8.75. The van der Waals surface area contributed by atoms with Crippen LogP contribution in [0, 0.1) is 12.7 Å². The number of rotatable bonds is 11. The molecule has 0 spiro atoms. The van der Waals surface area contributed by atoms with E-state index in [0.717, 1.165) is 27.9 Å². The van der Waals surface area contributed by atoms with Gasteiger partial charge in [0.05, 0.1) is 10.6 Å². The Morgan fingerprint density at radius 1 is 0.973 bits per heavy atom. The molecule has 2 amide bonds. The lowest BCUT2D eigenvalue weighted by Gasteiger charge is -2.32. The summed E-state index contributed by atoms with van der Waals surface area (Å²) in [5.74, 6) is -1.77. The van der Waals surface area contributed by atoms with Crippen LogP contribution in [0.1, 0.15) is 31.4 Å². The third-order valence-corrected chi connectivity index (χ3v) is 7.66. The molecule has 0 radical (unpaired) electrons. The lowest BCUT2D eigenvalue weighted by molar-refractivity contribution is -0.139. The third-order valence-electron chi connectivity index (χ3n) is 5.88. The van der Waals surface area contributed by atoms with E-state index in [2.05, 4.69) is 5.32 Å². The summed E-state index contributed by atoms with van der Waals surface area (Å²) in [5, 5.41) is 2.79. The van der Waals surface area contributed by atoms with E-state index in [1.165, 1.54) is 35.2 Å². The summed E-state index contributed by atoms with van der Waals surface area (Å²) >= 11 is 0. The molecule has 1 N–H and O–H groups in total. The average molecular weight is 526 g/mol. The Kier molecular flexibility index (Phi) is 9.41. The zero-order chi connectivity index (χ0) is 27.0. The van der Waals surface area contributed by atoms with Crippen LogP contribution in [0.25, 0.3) is 0 Å². The van der Waals surface area contributed by atoms with Crippen molar-refractivity contribution in [2.75, 3.05) is 17.4 Å². The van der Waals surface area contributed by atoms with Crippen LogP contribution in [0.3, 0.4) is 0 Å². The molecule has 0 aromatic heterocycles. The highest BCUT2D eigenvalue weighted by molar-refractivity contribution is 7.92. The Bertz CT molecular complexity index is 1330. The van der Waals surface area contributed by atoms with Gasteiger partial charge in [-0.2, -0.15) is 0 Å². The quantitative estimate of drug-likeness (QED) is 0.405. The summed E-state index contributed by atoms with van der Waals surface area (Å²) in [6, 6.07) is 19.5. The molecule has 0 saturated carbocycles. The van der Waals surface area contributed by atoms with Gasteiger partial charge in [-0.1, -0.05) is 67.1 Å². The van der Waals surface area contributed by atoms with Gasteiger partial charge in [0, 0.05) is 13.1 Å². The highest BCUT2D eigenvalue weighted by atomic mass is 32.2. The number of carbonyl (C=O) groups excluding carboxylic acids is 2. The first-order valence-corrected chi connectivity index (χ1v) is 13.5. The number of hydrogen-bond donors (Lipinski definition) is 1. The van der Waals surface area contributed by atoms with Crippen LogP contribution < -0.4 is 9.62 Å². The SMILES string of the molecule is CCCNC(=O)[C@H](C)N(Cc1cccc(C)c1)C(=O)CN(c1ccccc1F)S(=O)(=O)c1ccccc1. The topological polar surface area (TPSA) is 86.8 Å². The molecule has 37 heavy (non-hydrogen) atoms. The van der Waals surface area contributed by atoms with E-state index in [1.807, 2.05) is 38.1 Å². The van der Waals surface area contributed by atoms with Gasteiger partial charge in [0.15, 0.2) is 0 Å². The van der Waals surface area contributed by atoms with Gasteiger partial charge in [-0.3, -0.25) is 13.9 Å². The highest BCUT2D eigenvalue weighted by Gasteiger charge is 2.33. The van der Waals surface area contributed by atoms with Crippen molar-refractivity contribution in [3.63, 3.8) is 0 Å². The van der Waals surface area contributed by atoms with Gasteiger partial charge in [-0.15, -0.1) is 0 Å². The summed E-state index contributed by atoms with van der Waals surface area (Å²) < 4.78 is 42.8. The standard InChI is InChI=1S/C28H32FN3O4S/c1-4-17-30-28(34)22(3)31(19-23-12-10-11-21(2)18-23)27(33)20-32(26-16-9-8-15-25(26)29)37(35,36)24-13-6-5-7-14-24/h5-16,18,22H,4,17,19-20H2,1-3H3,(H,30,34)/t22-/m0/s1. The number of amides is 2. The predicted octanol–water partition coefficient (Wildman–Crippen LogP) is 4.27. The van der Waals surface area contributed by atoms with Gasteiger partial charge in [-0.05, 0) is 50.1 Å². The van der Waals surface area contributed by atoms with E-state index >= 15 is 0 Å². The fourth-order valence-electron chi connectivity index (χ4n) is 3.87. The molecule has 3 aromatic carbocycles. The van der Waals surface area contributed by atoms with Crippen LogP contribution in [-0.2, 0) is 26.2 Å². The van der Waals surface area contributed by atoms with E-state index in [4.69, 9.17) is 0 Å². The minimum absolute atomic E-state index is 0.0787. The number of aryl methyl sites for hydroxylation is 1. The van der Waals surface area contributed by atoms with Crippen molar-refractivity contribution in [1.82, 2.24) is 10.2 Å². The van der Waals surface area contributed by atoms with Crippen LogP contribution in [0.15, 0.2) is 83.8 Å². The number of nitrogens with one attached hydrogen (secondary N) is 1. The van der Waals surface area contributed by atoms with E-state index < -0.39 is 34.3 Å². The Balaban J connectivity index is 2.02. The number of halogens is 1. The fraction of sp³-hybridized carbons (Fsp3) is 0.286. The number of anilines is 1. The minimum Gasteiger partial charge on any atom is -0.354 e. The van der Waals surface area contributed by atoms with Crippen LogP contribution in [-0.4, -0.2) is 44.3 Å². The molecule has 0 unspecified atom stereocenters. The number of carbonyl (C=O) groups is 2. The molecule has 0 aliphatic rings. The Labute approximate surface area is 218 Å². The summed E-state index contributed by atoms with van der Waals surface area (Å²) in [5.41, 5.74) is 1.51. The van der Waals surface area contributed by atoms with Crippen molar-refractivity contribution >= 4 is 27.5 Å². The smallest absolute Gasteiger partial charge is 0.264 e. The Morgan fingerprint density at radius 2 is 1.65 bits per heavy atom. The maximum atomic E-state index is 14.9. The van der Waals surface area contributed by atoms with Crippen molar-refractivity contribution in [2.24, 2.45) is 0 Å². The maximum absolute atomic E-state index is 14.9. The molecule has 1 atom stereocenters. The molecule has 0 saturated heterocycles. The van der Waals surface area contributed by atoms with Crippen molar-refractivity contribution in [3.8, 4) is 0 Å². The van der Waals surface area contributed by atoms with Gasteiger partial charge in [-0.25, -0.2) is 12.8 Å². The van der Waals surface area contributed by atoms with E-state index in [1.54, 1.807) is 25.1 Å². The van der Waals surface area contributed by atoms with E-state index in [-0.39, 0.29) is 23.0 Å². The number of hydrogen-bond acceptors (Lipinski definition) is 4. The Hall–Kier alpha value is -3.72. The van der Waals surface area contributed by atoms with Gasteiger partial charge in [0.25, 0.3) is 10.0 Å². The summed E-state index contributed by atoms with van der Waals surface area (Å²) in [7, 11) is -4.30. The largest absolute Gasteiger partial charge is 0.354 e. The first-order valence-electron chi connectivity index (χ1n) is 12.1. The second-order valence-corrected chi connectivity index (χ2v) is 10.6. The molecule has 0 heterocycles. The van der Waals surface area contributed by atoms with Gasteiger partial charge in [0.2, 0.25) is 11.8 Å². The molecule has 9 heteroatoms. The van der Waals surface area contributed by atoms with E-state index in [9.17, 15) is 22.4 Å². The molecule has 3 aromatic rings. The lowest BCUT2D eigenvalue weighted by atomic mass is 10.1. The lowest BCUT2D eigenvalue weighted by Crippen LogP contribution is -2.51. The molecule has 3 rings (SSSR count). The normalized spacial score (nSPS) is 12.0. The van der Waals surface area contributed by atoms with Gasteiger partial charge >= 0.3 is 0 Å². The third kappa shape index (κ3) is 6.95. The van der Waals surface area contributed by atoms with Gasteiger partial charge in [0.1, 0.15) is 18.4 Å².